The molecule has 4 nitrogen and oxygen atoms in total. The summed E-state index contributed by atoms with van der Waals surface area (Å²) in [6.07, 6.45) is 0.782. The van der Waals surface area contributed by atoms with Crippen LogP contribution in [0.5, 0.6) is 5.75 Å². The molecule has 0 bridgehead atoms. The average Bonchev–Trinajstić information content (AvgIpc) is 2.47. The predicted molar refractivity (Wildman–Crippen MR) is 84.5 cm³/mol. The Morgan fingerprint density at radius 1 is 1.24 bits per heavy atom. The van der Waals surface area contributed by atoms with E-state index in [2.05, 4.69) is 5.32 Å². The van der Waals surface area contributed by atoms with Crippen molar-refractivity contribution in [1.29, 1.82) is 0 Å². The quantitative estimate of drug-likeness (QED) is 0.830. The molecule has 0 aliphatic rings. The fourth-order valence-corrected chi connectivity index (χ4v) is 2.22. The Labute approximate surface area is 124 Å². The molecule has 0 saturated heterocycles. The third-order valence-electron chi connectivity index (χ3n) is 3.23. The summed E-state index contributed by atoms with van der Waals surface area (Å²) in [5, 5.41) is 2.98. The Bertz CT molecular complexity index is 611. The molecule has 2 rings (SSSR count). The maximum atomic E-state index is 12.3. The summed E-state index contributed by atoms with van der Waals surface area (Å²) in [4.78, 5) is 12.3. The van der Waals surface area contributed by atoms with Gasteiger partial charge in [-0.05, 0) is 31.0 Å². The molecule has 0 radical (unpaired) electrons. The van der Waals surface area contributed by atoms with Crippen molar-refractivity contribution in [3.63, 3.8) is 0 Å². The fourth-order valence-electron chi connectivity index (χ4n) is 2.22. The SMILES string of the molecule is COc1cc(N)ccc1C(=O)NC(C)Cc1ccccc1. The van der Waals surface area contributed by atoms with E-state index < -0.39 is 0 Å². The lowest BCUT2D eigenvalue weighted by molar-refractivity contribution is 0.0937. The second kappa shape index (κ2) is 6.79. The lowest BCUT2D eigenvalue weighted by atomic mass is 10.1. The van der Waals surface area contributed by atoms with Gasteiger partial charge < -0.3 is 15.8 Å². The molecule has 0 fully saturated rings. The van der Waals surface area contributed by atoms with Crippen LogP contribution in [0.4, 0.5) is 5.69 Å². The summed E-state index contributed by atoms with van der Waals surface area (Å²) in [6.45, 7) is 1.98. The molecule has 1 atom stereocenters. The first kappa shape index (κ1) is 14.9. The van der Waals surface area contributed by atoms with Crippen molar-refractivity contribution in [2.45, 2.75) is 19.4 Å². The Hall–Kier alpha value is -2.49. The highest BCUT2D eigenvalue weighted by Gasteiger charge is 2.15. The number of benzene rings is 2. The number of amides is 1. The smallest absolute Gasteiger partial charge is 0.255 e. The van der Waals surface area contributed by atoms with E-state index in [0.29, 0.717) is 17.0 Å². The van der Waals surface area contributed by atoms with E-state index in [9.17, 15) is 4.79 Å². The van der Waals surface area contributed by atoms with Crippen molar-refractivity contribution in [1.82, 2.24) is 5.32 Å². The Morgan fingerprint density at radius 2 is 1.95 bits per heavy atom. The molecule has 3 N–H and O–H groups in total. The number of rotatable bonds is 5. The topological polar surface area (TPSA) is 64.3 Å². The van der Waals surface area contributed by atoms with Crippen LogP contribution in [0, 0.1) is 0 Å². The minimum Gasteiger partial charge on any atom is -0.496 e. The minimum atomic E-state index is -0.157. The molecule has 0 aliphatic heterocycles. The number of hydrogen-bond acceptors (Lipinski definition) is 3. The van der Waals surface area contributed by atoms with E-state index in [0.717, 1.165) is 6.42 Å². The van der Waals surface area contributed by atoms with Crippen LogP contribution in [0.25, 0.3) is 0 Å². The zero-order chi connectivity index (χ0) is 15.2. The lowest BCUT2D eigenvalue weighted by Gasteiger charge is -2.15. The number of nitrogens with one attached hydrogen (secondary N) is 1. The molecule has 4 heteroatoms. The number of methoxy groups -OCH3 is 1. The number of nitrogens with two attached hydrogens (primary N) is 1. The number of carbonyl (C=O) groups is 1. The van der Waals surface area contributed by atoms with Crippen LogP contribution < -0.4 is 15.8 Å². The Balaban J connectivity index is 2.04. The third kappa shape index (κ3) is 3.99. The third-order valence-corrected chi connectivity index (χ3v) is 3.23. The Kier molecular flexibility index (Phi) is 4.82. The van der Waals surface area contributed by atoms with Crippen LogP contribution in [0.2, 0.25) is 0 Å². The van der Waals surface area contributed by atoms with Gasteiger partial charge in [-0.2, -0.15) is 0 Å². The monoisotopic (exact) mass is 284 g/mol. The standard InChI is InChI=1S/C17H20N2O2/c1-12(10-13-6-4-3-5-7-13)19-17(20)15-9-8-14(18)11-16(15)21-2/h3-9,11-12H,10,18H2,1-2H3,(H,19,20). The van der Waals surface area contributed by atoms with E-state index in [4.69, 9.17) is 10.5 Å². The second-order valence-corrected chi connectivity index (χ2v) is 5.02. The highest BCUT2D eigenvalue weighted by atomic mass is 16.5. The van der Waals surface area contributed by atoms with Gasteiger partial charge in [0.1, 0.15) is 5.75 Å². The van der Waals surface area contributed by atoms with Crippen molar-refractivity contribution in [2.75, 3.05) is 12.8 Å². The van der Waals surface area contributed by atoms with Crippen molar-refractivity contribution in [3.05, 3.63) is 59.7 Å². The van der Waals surface area contributed by atoms with Crippen LogP contribution in [0.15, 0.2) is 48.5 Å². The largest absolute Gasteiger partial charge is 0.496 e. The molecule has 21 heavy (non-hydrogen) atoms. The van der Waals surface area contributed by atoms with Crippen LogP contribution in [-0.4, -0.2) is 19.1 Å². The zero-order valence-electron chi connectivity index (χ0n) is 12.3. The predicted octanol–water partition coefficient (Wildman–Crippen LogP) is 2.64. The molecule has 1 unspecified atom stereocenters. The Morgan fingerprint density at radius 3 is 2.62 bits per heavy atom. The summed E-state index contributed by atoms with van der Waals surface area (Å²) in [5.41, 5.74) is 7.95. The van der Waals surface area contributed by atoms with E-state index in [1.165, 1.54) is 12.7 Å². The summed E-state index contributed by atoms with van der Waals surface area (Å²) in [6, 6.07) is 15.1. The molecule has 0 saturated carbocycles. The molecular weight excluding hydrogens is 264 g/mol. The molecule has 0 spiro atoms. The average molecular weight is 284 g/mol. The number of nitrogen functional groups attached to an aromatic ring is 1. The van der Waals surface area contributed by atoms with Crippen molar-refractivity contribution >= 4 is 11.6 Å². The van der Waals surface area contributed by atoms with E-state index in [1.807, 2.05) is 37.3 Å². The van der Waals surface area contributed by atoms with Gasteiger partial charge in [-0.1, -0.05) is 30.3 Å². The lowest BCUT2D eigenvalue weighted by Crippen LogP contribution is -2.34. The van der Waals surface area contributed by atoms with Gasteiger partial charge in [0.25, 0.3) is 5.91 Å². The summed E-state index contributed by atoms with van der Waals surface area (Å²) in [7, 11) is 1.53. The van der Waals surface area contributed by atoms with Crippen LogP contribution in [0.1, 0.15) is 22.8 Å². The summed E-state index contributed by atoms with van der Waals surface area (Å²) < 4.78 is 5.21. The van der Waals surface area contributed by atoms with Crippen molar-refractivity contribution < 1.29 is 9.53 Å². The van der Waals surface area contributed by atoms with E-state index in [-0.39, 0.29) is 11.9 Å². The van der Waals surface area contributed by atoms with Crippen LogP contribution in [0.3, 0.4) is 0 Å². The maximum Gasteiger partial charge on any atom is 0.255 e. The van der Waals surface area contributed by atoms with Gasteiger partial charge in [0.05, 0.1) is 12.7 Å². The van der Waals surface area contributed by atoms with Gasteiger partial charge >= 0.3 is 0 Å². The van der Waals surface area contributed by atoms with Crippen LogP contribution in [-0.2, 0) is 6.42 Å². The molecule has 0 aliphatic carbocycles. The van der Waals surface area contributed by atoms with Crippen LogP contribution >= 0.6 is 0 Å². The van der Waals surface area contributed by atoms with Gasteiger partial charge in [0.15, 0.2) is 0 Å². The molecular formula is C17H20N2O2. The summed E-state index contributed by atoms with van der Waals surface area (Å²) >= 11 is 0. The normalized spacial score (nSPS) is 11.7. The highest BCUT2D eigenvalue weighted by Crippen LogP contribution is 2.21. The molecule has 2 aromatic carbocycles. The van der Waals surface area contributed by atoms with E-state index in [1.54, 1.807) is 18.2 Å². The van der Waals surface area contributed by atoms with Crippen molar-refractivity contribution in [3.8, 4) is 5.75 Å². The number of ether oxygens (including phenoxy) is 1. The number of hydrogen-bond donors (Lipinski definition) is 2. The second-order valence-electron chi connectivity index (χ2n) is 5.02. The fraction of sp³-hybridized carbons (Fsp3) is 0.235. The van der Waals surface area contributed by atoms with E-state index >= 15 is 0 Å². The summed E-state index contributed by atoms with van der Waals surface area (Å²) in [5.74, 6) is 0.328. The maximum absolute atomic E-state index is 12.3. The van der Waals surface area contributed by atoms with Gasteiger partial charge in [-0.25, -0.2) is 0 Å². The van der Waals surface area contributed by atoms with Crippen molar-refractivity contribution in [2.24, 2.45) is 0 Å². The highest BCUT2D eigenvalue weighted by molar-refractivity contribution is 5.97. The van der Waals surface area contributed by atoms with Gasteiger partial charge in [0.2, 0.25) is 0 Å². The molecule has 0 aromatic heterocycles. The number of carbonyl (C=O) groups excluding carboxylic acids is 1. The van der Waals surface area contributed by atoms with Gasteiger partial charge in [-0.3, -0.25) is 4.79 Å². The van der Waals surface area contributed by atoms with Gasteiger partial charge in [0, 0.05) is 17.8 Å². The zero-order valence-corrected chi connectivity index (χ0v) is 12.3. The molecule has 0 heterocycles. The first-order valence-electron chi connectivity index (χ1n) is 6.88. The molecule has 1 amide bonds. The molecule has 2 aromatic rings. The minimum absolute atomic E-state index is 0.0298. The number of anilines is 1. The first-order chi connectivity index (χ1) is 10.1. The first-order valence-corrected chi connectivity index (χ1v) is 6.88. The molecule has 110 valence electrons. The van der Waals surface area contributed by atoms with Gasteiger partial charge in [-0.15, -0.1) is 0 Å².